The van der Waals surface area contributed by atoms with Crippen molar-refractivity contribution in [2.75, 3.05) is 45.6 Å². The number of ether oxygens (including phenoxy) is 3. The van der Waals surface area contributed by atoms with Gasteiger partial charge in [-0.1, -0.05) is 0 Å². The van der Waals surface area contributed by atoms with Gasteiger partial charge in [0.2, 0.25) is 0 Å². The molecule has 0 atom stereocenters. The van der Waals surface area contributed by atoms with Gasteiger partial charge in [-0.25, -0.2) is 0 Å². The summed E-state index contributed by atoms with van der Waals surface area (Å²) in [5.41, 5.74) is 3.15. The number of nitrogens with one attached hydrogen (secondary N) is 1. The molecule has 2 rings (SSSR count). The number of rotatable bonds is 6. The van der Waals surface area contributed by atoms with E-state index in [1.54, 1.807) is 12.1 Å². The normalized spacial score (nSPS) is 10.2. The average Bonchev–Trinajstić information content (AvgIpc) is 2.61. The van der Waals surface area contributed by atoms with E-state index >= 15 is 0 Å². The second-order valence-corrected chi connectivity index (χ2v) is 5.76. The summed E-state index contributed by atoms with van der Waals surface area (Å²) in [6.07, 6.45) is 0. The average molecular weight is 344 g/mol. The minimum Gasteiger partial charge on any atom is -0.496 e. The summed E-state index contributed by atoms with van der Waals surface area (Å²) in [6.45, 7) is 1.95. The monoisotopic (exact) mass is 344 g/mol. The van der Waals surface area contributed by atoms with Crippen LogP contribution in [0.4, 0.5) is 11.4 Å². The number of methoxy groups -OCH3 is 3. The predicted molar refractivity (Wildman–Crippen MR) is 99.6 cm³/mol. The maximum Gasteiger partial charge on any atom is 0.259 e. The van der Waals surface area contributed by atoms with Crippen molar-refractivity contribution < 1.29 is 19.0 Å². The third-order valence-corrected chi connectivity index (χ3v) is 3.92. The van der Waals surface area contributed by atoms with Gasteiger partial charge in [-0.15, -0.1) is 0 Å². The van der Waals surface area contributed by atoms with Crippen LogP contribution in [-0.2, 0) is 0 Å². The largest absolute Gasteiger partial charge is 0.496 e. The zero-order valence-electron chi connectivity index (χ0n) is 15.5. The van der Waals surface area contributed by atoms with Gasteiger partial charge in [0.05, 0.1) is 26.9 Å². The van der Waals surface area contributed by atoms with Crippen LogP contribution in [0, 0.1) is 6.92 Å². The van der Waals surface area contributed by atoms with Crippen molar-refractivity contribution in [3.8, 4) is 17.2 Å². The van der Waals surface area contributed by atoms with E-state index in [0.29, 0.717) is 22.8 Å². The topological polar surface area (TPSA) is 60.0 Å². The molecular formula is C19H24N2O4. The van der Waals surface area contributed by atoms with Crippen molar-refractivity contribution in [2.24, 2.45) is 0 Å². The van der Waals surface area contributed by atoms with Gasteiger partial charge in [-0.3, -0.25) is 4.79 Å². The smallest absolute Gasteiger partial charge is 0.259 e. The SMILES string of the molecule is COc1cc(OC)c(C(=O)Nc2ccc(N(C)C)cc2C)cc1OC. The highest BCUT2D eigenvalue weighted by atomic mass is 16.5. The minimum absolute atomic E-state index is 0.279. The van der Waals surface area contributed by atoms with Gasteiger partial charge in [0, 0.05) is 37.6 Å². The molecule has 25 heavy (non-hydrogen) atoms. The molecule has 0 saturated heterocycles. The number of hydrogen-bond acceptors (Lipinski definition) is 5. The summed E-state index contributed by atoms with van der Waals surface area (Å²) in [4.78, 5) is 14.7. The molecule has 0 spiro atoms. The second kappa shape index (κ2) is 7.79. The van der Waals surface area contributed by atoms with Crippen molar-refractivity contribution in [3.05, 3.63) is 41.5 Å². The molecule has 6 heteroatoms. The van der Waals surface area contributed by atoms with Gasteiger partial charge in [0.1, 0.15) is 5.75 Å². The molecule has 0 bridgehead atoms. The lowest BCUT2D eigenvalue weighted by Gasteiger charge is -2.17. The first-order valence-corrected chi connectivity index (χ1v) is 7.80. The Morgan fingerprint density at radius 1 is 0.920 bits per heavy atom. The van der Waals surface area contributed by atoms with Gasteiger partial charge in [0.25, 0.3) is 5.91 Å². The zero-order chi connectivity index (χ0) is 18.6. The highest BCUT2D eigenvalue weighted by Crippen LogP contribution is 2.35. The van der Waals surface area contributed by atoms with Crippen LogP contribution in [-0.4, -0.2) is 41.3 Å². The summed E-state index contributed by atoms with van der Waals surface area (Å²) < 4.78 is 15.8. The molecule has 0 aromatic heterocycles. The van der Waals surface area contributed by atoms with Gasteiger partial charge in [0.15, 0.2) is 11.5 Å². The zero-order valence-corrected chi connectivity index (χ0v) is 15.5. The van der Waals surface area contributed by atoms with Crippen LogP contribution < -0.4 is 24.4 Å². The van der Waals surface area contributed by atoms with E-state index in [4.69, 9.17) is 14.2 Å². The number of hydrogen-bond donors (Lipinski definition) is 1. The molecule has 0 aliphatic rings. The summed E-state index contributed by atoms with van der Waals surface area (Å²) in [6, 6.07) is 9.10. The number of anilines is 2. The Bertz CT molecular complexity index is 772. The van der Waals surface area contributed by atoms with Crippen LogP contribution in [0.15, 0.2) is 30.3 Å². The molecule has 2 aromatic carbocycles. The fraction of sp³-hybridized carbons (Fsp3) is 0.316. The Hall–Kier alpha value is -2.89. The summed E-state index contributed by atoms with van der Waals surface area (Å²) in [5, 5.41) is 2.92. The minimum atomic E-state index is -0.279. The first kappa shape index (κ1) is 18.4. The van der Waals surface area contributed by atoms with Crippen LogP contribution in [0.25, 0.3) is 0 Å². The number of carbonyl (C=O) groups excluding carboxylic acids is 1. The quantitative estimate of drug-likeness (QED) is 0.871. The summed E-state index contributed by atoms with van der Waals surface area (Å²) >= 11 is 0. The maximum absolute atomic E-state index is 12.7. The molecular weight excluding hydrogens is 320 g/mol. The molecule has 6 nitrogen and oxygen atoms in total. The molecule has 1 N–H and O–H groups in total. The molecule has 2 aromatic rings. The van der Waals surface area contributed by atoms with Gasteiger partial charge in [-0.2, -0.15) is 0 Å². The van der Waals surface area contributed by atoms with E-state index in [-0.39, 0.29) is 5.91 Å². The highest BCUT2D eigenvalue weighted by Gasteiger charge is 2.18. The molecule has 0 saturated carbocycles. The lowest BCUT2D eigenvalue weighted by Crippen LogP contribution is -2.15. The fourth-order valence-electron chi connectivity index (χ4n) is 2.46. The Morgan fingerprint density at radius 2 is 1.52 bits per heavy atom. The fourth-order valence-corrected chi connectivity index (χ4v) is 2.46. The van der Waals surface area contributed by atoms with Crippen LogP contribution in [0.5, 0.6) is 17.2 Å². The molecule has 0 unspecified atom stereocenters. The van der Waals surface area contributed by atoms with E-state index in [2.05, 4.69) is 5.32 Å². The Balaban J connectivity index is 2.35. The van der Waals surface area contributed by atoms with Gasteiger partial charge in [-0.05, 0) is 30.7 Å². The molecule has 0 fully saturated rings. The summed E-state index contributed by atoms with van der Waals surface area (Å²) in [7, 11) is 8.51. The lowest BCUT2D eigenvalue weighted by atomic mass is 10.1. The van der Waals surface area contributed by atoms with E-state index in [1.165, 1.54) is 21.3 Å². The second-order valence-electron chi connectivity index (χ2n) is 5.76. The van der Waals surface area contributed by atoms with Crippen LogP contribution in [0.3, 0.4) is 0 Å². The van der Waals surface area contributed by atoms with Crippen molar-refractivity contribution in [1.82, 2.24) is 0 Å². The Morgan fingerprint density at radius 3 is 2.04 bits per heavy atom. The number of amides is 1. The first-order chi connectivity index (χ1) is 11.9. The first-order valence-electron chi connectivity index (χ1n) is 7.80. The molecule has 0 heterocycles. The third-order valence-electron chi connectivity index (χ3n) is 3.92. The van der Waals surface area contributed by atoms with Crippen molar-refractivity contribution >= 4 is 17.3 Å². The van der Waals surface area contributed by atoms with Gasteiger partial charge < -0.3 is 24.4 Å². The van der Waals surface area contributed by atoms with Crippen molar-refractivity contribution in [2.45, 2.75) is 6.92 Å². The number of aryl methyl sites for hydroxylation is 1. The molecule has 0 aliphatic heterocycles. The van der Waals surface area contributed by atoms with Crippen LogP contribution in [0.2, 0.25) is 0 Å². The van der Waals surface area contributed by atoms with Gasteiger partial charge >= 0.3 is 0 Å². The summed E-state index contributed by atoms with van der Waals surface area (Å²) in [5.74, 6) is 1.10. The molecule has 0 aliphatic carbocycles. The van der Waals surface area contributed by atoms with E-state index in [0.717, 1.165) is 16.9 Å². The number of nitrogens with zero attached hydrogens (tertiary/aromatic N) is 1. The lowest BCUT2D eigenvalue weighted by molar-refractivity contribution is 0.102. The van der Waals surface area contributed by atoms with E-state index in [9.17, 15) is 4.79 Å². The Labute approximate surface area is 148 Å². The standard InChI is InChI=1S/C19H24N2O4/c1-12-9-13(21(2)3)7-8-15(12)20-19(22)14-10-17(24-5)18(25-6)11-16(14)23-4/h7-11H,1-6H3,(H,20,22). The molecule has 134 valence electrons. The van der Waals surface area contributed by atoms with E-state index in [1.807, 2.05) is 44.1 Å². The number of carbonyl (C=O) groups is 1. The predicted octanol–water partition coefficient (Wildman–Crippen LogP) is 3.34. The van der Waals surface area contributed by atoms with E-state index < -0.39 is 0 Å². The number of benzene rings is 2. The third kappa shape index (κ3) is 3.96. The van der Waals surface area contributed by atoms with Crippen molar-refractivity contribution in [3.63, 3.8) is 0 Å². The highest BCUT2D eigenvalue weighted by molar-refractivity contribution is 6.07. The van der Waals surface area contributed by atoms with Crippen molar-refractivity contribution in [1.29, 1.82) is 0 Å². The molecule has 0 radical (unpaired) electrons. The Kier molecular flexibility index (Phi) is 5.75. The molecule has 1 amide bonds. The van der Waals surface area contributed by atoms with Crippen LogP contribution in [0.1, 0.15) is 15.9 Å². The van der Waals surface area contributed by atoms with Crippen LogP contribution >= 0.6 is 0 Å². The maximum atomic E-state index is 12.7.